The van der Waals surface area contributed by atoms with E-state index in [2.05, 4.69) is 11.0 Å². The Morgan fingerprint density at radius 3 is 2.70 bits per heavy atom. The van der Waals surface area contributed by atoms with E-state index in [-0.39, 0.29) is 35.6 Å². The Balaban J connectivity index is 1.66. The van der Waals surface area contributed by atoms with E-state index in [1.165, 1.54) is 9.88 Å². The number of aromatic carboxylic acids is 1. The molecule has 4 rings (SSSR count). The Morgan fingerprint density at radius 1 is 1.24 bits per heavy atom. The highest BCUT2D eigenvalue weighted by atomic mass is 32.2. The number of carboxylic acids is 1. The fourth-order valence-electron chi connectivity index (χ4n) is 5.06. The van der Waals surface area contributed by atoms with Crippen molar-refractivity contribution in [2.24, 2.45) is 5.92 Å². The maximum Gasteiger partial charge on any atom is 0.335 e. The molecule has 8 nitrogen and oxygen atoms in total. The van der Waals surface area contributed by atoms with Crippen LogP contribution in [0.15, 0.2) is 53.4 Å². The minimum Gasteiger partial charge on any atom is -0.487 e. The van der Waals surface area contributed by atoms with Gasteiger partial charge in [0.1, 0.15) is 16.7 Å². The molecule has 1 heterocycles. The summed E-state index contributed by atoms with van der Waals surface area (Å²) >= 11 is 0. The first-order chi connectivity index (χ1) is 17.6. The third-order valence-electron chi connectivity index (χ3n) is 7.20. The van der Waals surface area contributed by atoms with Crippen molar-refractivity contribution in [1.82, 2.24) is 9.21 Å². The van der Waals surface area contributed by atoms with Crippen molar-refractivity contribution in [3.05, 3.63) is 65.2 Å². The fraction of sp³-hybridized carbons (Fsp3) is 0.464. The summed E-state index contributed by atoms with van der Waals surface area (Å²) in [7, 11) is -1.94. The molecule has 0 aromatic heterocycles. The van der Waals surface area contributed by atoms with E-state index < -0.39 is 22.0 Å². The number of aliphatic hydroxyl groups excluding tert-OH is 1. The van der Waals surface area contributed by atoms with E-state index in [1.54, 1.807) is 31.2 Å². The van der Waals surface area contributed by atoms with Crippen LogP contribution in [0, 0.1) is 5.92 Å². The number of benzene rings is 2. The third kappa shape index (κ3) is 6.06. The number of rotatable bonds is 8. The molecular formula is C28H36N2O6S. The Hall–Kier alpha value is -2.72. The fourth-order valence-corrected chi connectivity index (χ4v) is 6.89. The molecule has 0 fully saturated rings. The van der Waals surface area contributed by atoms with E-state index >= 15 is 0 Å². The Labute approximate surface area is 219 Å². The number of nitrogens with zero attached hydrogens (tertiary/aromatic N) is 2. The van der Waals surface area contributed by atoms with Crippen LogP contribution in [0.1, 0.15) is 54.6 Å². The van der Waals surface area contributed by atoms with Gasteiger partial charge in [-0.3, -0.25) is 4.90 Å². The van der Waals surface area contributed by atoms with Crippen molar-refractivity contribution in [3.8, 4) is 5.75 Å². The lowest BCUT2D eigenvalue weighted by Crippen LogP contribution is -2.49. The van der Waals surface area contributed by atoms with Gasteiger partial charge in [-0.1, -0.05) is 31.2 Å². The van der Waals surface area contributed by atoms with Crippen molar-refractivity contribution < 1.29 is 28.2 Å². The molecule has 1 aliphatic carbocycles. The topological polar surface area (TPSA) is 107 Å². The molecule has 0 amide bonds. The molecule has 0 unspecified atom stereocenters. The summed E-state index contributed by atoms with van der Waals surface area (Å²) in [5.74, 6) is -0.803. The van der Waals surface area contributed by atoms with Crippen molar-refractivity contribution in [1.29, 1.82) is 0 Å². The van der Waals surface area contributed by atoms with Crippen LogP contribution in [0.4, 0.5) is 0 Å². The molecule has 0 spiro atoms. The summed E-state index contributed by atoms with van der Waals surface area (Å²) in [6.07, 6.45) is 4.92. The average molecular weight is 529 g/mol. The van der Waals surface area contributed by atoms with Crippen LogP contribution >= 0.6 is 0 Å². The summed E-state index contributed by atoms with van der Waals surface area (Å²) in [5.41, 5.74) is 3.28. The highest BCUT2D eigenvalue weighted by Crippen LogP contribution is 2.37. The van der Waals surface area contributed by atoms with E-state index in [0.717, 1.165) is 30.4 Å². The van der Waals surface area contributed by atoms with Gasteiger partial charge < -0.3 is 14.9 Å². The second-order valence-electron chi connectivity index (χ2n) is 10.2. The molecule has 9 heteroatoms. The monoisotopic (exact) mass is 528 g/mol. The zero-order chi connectivity index (χ0) is 26.7. The largest absolute Gasteiger partial charge is 0.487 e. The van der Waals surface area contributed by atoms with Gasteiger partial charge in [-0.2, -0.15) is 4.31 Å². The zero-order valence-electron chi connectivity index (χ0n) is 21.6. The van der Waals surface area contributed by atoms with E-state index in [1.807, 2.05) is 32.2 Å². The maximum absolute atomic E-state index is 13.7. The molecule has 2 aliphatic rings. The number of aliphatic hydroxyl groups is 1. The van der Waals surface area contributed by atoms with E-state index in [9.17, 15) is 23.4 Å². The van der Waals surface area contributed by atoms with Crippen LogP contribution in [0.25, 0.3) is 5.57 Å². The highest BCUT2D eigenvalue weighted by Gasteiger charge is 2.38. The third-order valence-corrected chi connectivity index (χ3v) is 9.22. The summed E-state index contributed by atoms with van der Waals surface area (Å²) < 4.78 is 35.2. The van der Waals surface area contributed by atoms with Crippen LogP contribution in [-0.2, 0) is 16.6 Å². The first-order valence-electron chi connectivity index (χ1n) is 12.7. The Kier molecular flexibility index (Phi) is 8.38. The lowest BCUT2D eigenvalue weighted by molar-refractivity contribution is 0.0693. The molecule has 0 bridgehead atoms. The number of carbonyl (C=O) groups is 1. The number of hydrogen-bond acceptors (Lipinski definition) is 6. The molecule has 0 radical (unpaired) electrons. The molecule has 37 heavy (non-hydrogen) atoms. The minimum atomic E-state index is -3.88. The first-order valence-corrected chi connectivity index (χ1v) is 14.2. The molecule has 2 N–H and O–H groups in total. The van der Waals surface area contributed by atoms with Gasteiger partial charge in [-0.15, -0.1) is 0 Å². The van der Waals surface area contributed by atoms with E-state index in [4.69, 9.17) is 4.74 Å². The SMILES string of the molecule is C[C@@H]1CN([C@H](C)CO)S(=O)(=O)c2ccc(C3=CCCC3)cc2O[C@H]1CN(C)Cc1cccc(C(=O)O)c1. The van der Waals surface area contributed by atoms with Crippen LogP contribution in [-0.4, -0.2) is 72.7 Å². The Morgan fingerprint density at radius 2 is 2.03 bits per heavy atom. The number of carboxylic acid groups (broad SMARTS) is 1. The van der Waals surface area contributed by atoms with Crippen LogP contribution < -0.4 is 4.74 Å². The highest BCUT2D eigenvalue weighted by molar-refractivity contribution is 7.89. The molecule has 2 aromatic rings. The maximum atomic E-state index is 13.7. The number of ether oxygens (including phenoxy) is 1. The van der Waals surface area contributed by atoms with Gasteiger partial charge in [-0.05, 0) is 74.2 Å². The zero-order valence-corrected chi connectivity index (χ0v) is 22.4. The van der Waals surface area contributed by atoms with Crippen molar-refractivity contribution >= 4 is 21.6 Å². The lowest BCUT2D eigenvalue weighted by Gasteiger charge is -2.37. The normalized spacial score (nSPS) is 22.5. The summed E-state index contributed by atoms with van der Waals surface area (Å²) in [6, 6.07) is 11.6. The van der Waals surface area contributed by atoms with Gasteiger partial charge in [0, 0.05) is 31.6 Å². The molecule has 0 saturated heterocycles. The molecule has 2 aromatic carbocycles. The van der Waals surface area contributed by atoms with Crippen LogP contribution in [0.5, 0.6) is 5.75 Å². The number of hydrogen-bond donors (Lipinski definition) is 2. The second-order valence-corrected chi connectivity index (χ2v) is 12.1. The Bertz CT molecular complexity index is 1280. The summed E-state index contributed by atoms with van der Waals surface area (Å²) in [4.78, 5) is 13.5. The molecule has 3 atom stereocenters. The van der Waals surface area contributed by atoms with Gasteiger partial charge in [0.2, 0.25) is 10.0 Å². The number of likely N-dealkylation sites (N-methyl/N-ethyl adjacent to an activating group) is 1. The first kappa shape index (κ1) is 27.3. The van der Waals surface area contributed by atoms with Crippen molar-refractivity contribution in [2.45, 2.75) is 56.7 Å². The second kappa shape index (κ2) is 11.3. The van der Waals surface area contributed by atoms with Gasteiger partial charge in [-0.25, -0.2) is 13.2 Å². The number of sulfonamides is 1. The minimum absolute atomic E-state index is 0.115. The standard InChI is InChI=1S/C28H36N2O6S/c1-19-15-30(20(2)18-31)37(34,35)27-12-11-23(22-8-4-5-9-22)14-25(27)36-26(19)17-29(3)16-21-7-6-10-24(13-21)28(32)33/h6-8,10-14,19-20,26,31H,4-5,9,15-18H2,1-3H3,(H,32,33)/t19-,20-,26+/m1/s1. The summed E-state index contributed by atoms with van der Waals surface area (Å²) in [6.45, 7) is 4.63. The number of fused-ring (bicyclic) bond motifs is 1. The van der Waals surface area contributed by atoms with Crippen molar-refractivity contribution in [3.63, 3.8) is 0 Å². The van der Waals surface area contributed by atoms with Gasteiger partial charge in [0.25, 0.3) is 0 Å². The molecular weight excluding hydrogens is 492 g/mol. The van der Waals surface area contributed by atoms with Gasteiger partial charge in [0.05, 0.1) is 12.2 Å². The average Bonchev–Trinajstić information content (AvgIpc) is 3.40. The quantitative estimate of drug-likeness (QED) is 0.536. The smallest absolute Gasteiger partial charge is 0.335 e. The summed E-state index contributed by atoms with van der Waals surface area (Å²) in [5, 5.41) is 19.2. The van der Waals surface area contributed by atoms with Crippen LogP contribution in [0.2, 0.25) is 0 Å². The molecule has 1 aliphatic heterocycles. The van der Waals surface area contributed by atoms with Gasteiger partial charge in [0.15, 0.2) is 0 Å². The lowest BCUT2D eigenvalue weighted by atomic mass is 10.0. The molecule has 0 saturated carbocycles. The predicted molar refractivity (Wildman–Crippen MR) is 142 cm³/mol. The predicted octanol–water partition coefficient (Wildman–Crippen LogP) is 3.85. The van der Waals surface area contributed by atoms with Gasteiger partial charge >= 0.3 is 5.97 Å². The van der Waals surface area contributed by atoms with E-state index in [0.29, 0.717) is 18.8 Å². The molecule has 200 valence electrons. The van der Waals surface area contributed by atoms with Crippen molar-refractivity contribution in [2.75, 3.05) is 26.7 Å². The van der Waals surface area contributed by atoms with Crippen LogP contribution in [0.3, 0.4) is 0 Å². The number of allylic oxidation sites excluding steroid dienone is 2.